The summed E-state index contributed by atoms with van der Waals surface area (Å²) in [7, 11) is 0. The van der Waals surface area contributed by atoms with E-state index in [0.717, 1.165) is 11.1 Å². The van der Waals surface area contributed by atoms with Crippen LogP contribution in [0.4, 0.5) is 0 Å². The van der Waals surface area contributed by atoms with E-state index >= 15 is 0 Å². The molecule has 146 valence electrons. The third-order valence-corrected chi connectivity index (χ3v) is 4.80. The Morgan fingerprint density at radius 1 is 1.07 bits per heavy atom. The van der Waals surface area contributed by atoms with Crippen molar-refractivity contribution in [3.05, 3.63) is 80.9 Å². The Bertz CT molecular complexity index is 1080. The Morgan fingerprint density at radius 2 is 1.82 bits per heavy atom. The molecular weight excluding hydrogens is 352 g/mol. The van der Waals surface area contributed by atoms with Crippen LogP contribution in [0.25, 0.3) is 5.65 Å². The lowest BCUT2D eigenvalue weighted by molar-refractivity contribution is 0.0466. The predicted molar refractivity (Wildman–Crippen MR) is 110 cm³/mol. The number of nitrogens with zero attached hydrogens (tertiary/aromatic N) is 2. The molecule has 0 spiro atoms. The fraction of sp³-hybridized carbons (Fsp3) is 0.348. The fourth-order valence-electron chi connectivity index (χ4n) is 3.15. The highest BCUT2D eigenvalue weighted by Crippen LogP contribution is 2.25. The fourth-order valence-corrected chi connectivity index (χ4v) is 3.15. The van der Waals surface area contributed by atoms with Crippen molar-refractivity contribution in [2.45, 2.75) is 53.1 Å². The van der Waals surface area contributed by atoms with Crippen LogP contribution >= 0.6 is 0 Å². The van der Waals surface area contributed by atoms with E-state index in [1.807, 2.05) is 25.1 Å². The van der Waals surface area contributed by atoms with Crippen LogP contribution in [0.2, 0.25) is 0 Å². The summed E-state index contributed by atoms with van der Waals surface area (Å²) in [5.74, 6) is 0.193. The first-order valence-electron chi connectivity index (χ1n) is 9.56. The molecule has 2 heterocycles. The summed E-state index contributed by atoms with van der Waals surface area (Å²) in [6.45, 7) is 10.3. The molecule has 0 radical (unpaired) electrons. The van der Waals surface area contributed by atoms with Crippen molar-refractivity contribution in [3.63, 3.8) is 0 Å². The average molecular weight is 378 g/mol. The first-order valence-corrected chi connectivity index (χ1v) is 9.56. The number of hydrogen-bond donors (Lipinski definition) is 0. The van der Waals surface area contributed by atoms with Gasteiger partial charge in [-0.2, -0.15) is 0 Å². The van der Waals surface area contributed by atoms with Gasteiger partial charge in [0.1, 0.15) is 12.3 Å². The van der Waals surface area contributed by atoms with E-state index in [-0.39, 0.29) is 18.1 Å². The van der Waals surface area contributed by atoms with E-state index in [1.165, 1.54) is 16.0 Å². The predicted octanol–water partition coefficient (Wildman–Crippen LogP) is 4.61. The lowest BCUT2D eigenvalue weighted by Gasteiger charge is -2.15. The van der Waals surface area contributed by atoms with Gasteiger partial charge < -0.3 is 4.74 Å². The van der Waals surface area contributed by atoms with Gasteiger partial charge >= 0.3 is 5.97 Å². The van der Waals surface area contributed by atoms with Gasteiger partial charge in [0.05, 0.1) is 11.3 Å². The van der Waals surface area contributed by atoms with E-state index in [2.05, 4.69) is 38.7 Å². The quantitative estimate of drug-likeness (QED) is 0.609. The minimum atomic E-state index is -0.398. The minimum absolute atomic E-state index is 0.0398. The van der Waals surface area contributed by atoms with Crippen molar-refractivity contribution < 1.29 is 9.53 Å². The molecule has 0 N–H and O–H groups in total. The Hall–Kier alpha value is -2.95. The van der Waals surface area contributed by atoms with Gasteiger partial charge in [-0.05, 0) is 47.6 Å². The third-order valence-electron chi connectivity index (χ3n) is 4.80. The third kappa shape index (κ3) is 4.14. The normalized spacial score (nSPS) is 11.4. The summed E-state index contributed by atoms with van der Waals surface area (Å²) in [4.78, 5) is 29.4. The number of hydrogen-bond acceptors (Lipinski definition) is 4. The number of rotatable bonds is 5. The number of aryl methyl sites for hydroxylation is 1. The summed E-state index contributed by atoms with van der Waals surface area (Å²) in [6, 6.07) is 11.0. The smallest absolute Gasteiger partial charge is 0.338 e. The molecule has 28 heavy (non-hydrogen) atoms. The second-order valence-electron chi connectivity index (χ2n) is 7.75. The van der Waals surface area contributed by atoms with Gasteiger partial charge in [0.25, 0.3) is 5.56 Å². The zero-order valence-corrected chi connectivity index (χ0v) is 17.0. The Morgan fingerprint density at radius 3 is 2.50 bits per heavy atom. The van der Waals surface area contributed by atoms with E-state index < -0.39 is 5.97 Å². The molecule has 3 aromatic rings. The number of pyridine rings is 1. The van der Waals surface area contributed by atoms with E-state index in [0.29, 0.717) is 22.8 Å². The van der Waals surface area contributed by atoms with Crippen molar-refractivity contribution in [1.82, 2.24) is 9.38 Å². The highest BCUT2D eigenvalue weighted by atomic mass is 16.5. The molecule has 0 saturated carbocycles. The number of fused-ring (bicyclic) bond motifs is 1. The zero-order valence-electron chi connectivity index (χ0n) is 17.0. The molecule has 5 nitrogen and oxygen atoms in total. The Balaban J connectivity index is 1.83. The maximum Gasteiger partial charge on any atom is 0.338 e. The van der Waals surface area contributed by atoms with Gasteiger partial charge in [-0.25, -0.2) is 9.78 Å². The molecule has 0 aliphatic carbocycles. The number of esters is 1. The van der Waals surface area contributed by atoms with Crippen LogP contribution < -0.4 is 5.56 Å². The summed E-state index contributed by atoms with van der Waals surface area (Å²) in [5, 5.41) is 0. The van der Waals surface area contributed by atoms with Crippen LogP contribution in [-0.4, -0.2) is 15.4 Å². The molecular formula is C23H26N2O3. The molecule has 0 atom stereocenters. The van der Waals surface area contributed by atoms with Crippen molar-refractivity contribution in [3.8, 4) is 0 Å². The second kappa shape index (κ2) is 7.97. The first kappa shape index (κ1) is 19.8. The first-order chi connectivity index (χ1) is 13.3. The molecule has 0 saturated heterocycles. The van der Waals surface area contributed by atoms with E-state index in [9.17, 15) is 9.59 Å². The Labute approximate surface area is 165 Å². The molecule has 0 fully saturated rings. The topological polar surface area (TPSA) is 60.7 Å². The van der Waals surface area contributed by atoms with Crippen LogP contribution in [0.15, 0.2) is 47.4 Å². The number of ether oxygens (including phenoxy) is 1. The highest BCUT2D eigenvalue weighted by molar-refractivity contribution is 5.91. The number of aromatic nitrogens is 2. The number of carbonyl (C=O) groups excluding carboxylic acids is 1. The highest BCUT2D eigenvalue weighted by Gasteiger charge is 2.17. The molecule has 0 bridgehead atoms. The summed E-state index contributed by atoms with van der Waals surface area (Å²) < 4.78 is 6.97. The van der Waals surface area contributed by atoms with Crippen molar-refractivity contribution in [2.24, 2.45) is 0 Å². The van der Waals surface area contributed by atoms with Gasteiger partial charge in [0.15, 0.2) is 0 Å². The lowest BCUT2D eigenvalue weighted by Crippen LogP contribution is -2.17. The standard InChI is InChI=1S/C23H26N2O3/c1-14(2)17-7-8-19(20(10-17)15(3)4)23(27)28-13-18-11-22(26)25-12-16(5)6-9-21(25)24-18/h6-12,14-15H,13H2,1-5H3. The Kier molecular flexibility index (Phi) is 5.63. The van der Waals surface area contributed by atoms with Crippen LogP contribution in [0.3, 0.4) is 0 Å². The van der Waals surface area contributed by atoms with E-state index in [4.69, 9.17) is 4.74 Å². The SMILES string of the molecule is Cc1ccc2nc(COC(=O)c3ccc(C(C)C)cc3C(C)C)cc(=O)n2c1. The summed E-state index contributed by atoms with van der Waals surface area (Å²) in [5.41, 5.74) is 4.48. The zero-order chi connectivity index (χ0) is 20.4. The van der Waals surface area contributed by atoms with Crippen LogP contribution in [-0.2, 0) is 11.3 Å². The molecule has 0 aliphatic rings. The number of carbonyl (C=O) groups is 1. The molecule has 0 unspecified atom stereocenters. The van der Waals surface area contributed by atoms with Crippen LogP contribution in [0.1, 0.15) is 72.3 Å². The van der Waals surface area contributed by atoms with Gasteiger partial charge in [-0.3, -0.25) is 9.20 Å². The van der Waals surface area contributed by atoms with Crippen molar-refractivity contribution >= 4 is 11.6 Å². The molecule has 0 aliphatic heterocycles. The second-order valence-corrected chi connectivity index (χ2v) is 7.75. The van der Waals surface area contributed by atoms with Gasteiger partial charge in [-0.1, -0.05) is 45.9 Å². The van der Waals surface area contributed by atoms with Crippen molar-refractivity contribution in [2.75, 3.05) is 0 Å². The molecule has 3 rings (SSSR count). The molecule has 1 aromatic carbocycles. The maximum absolute atomic E-state index is 12.7. The average Bonchev–Trinajstić information content (AvgIpc) is 2.66. The van der Waals surface area contributed by atoms with Gasteiger partial charge in [0, 0.05) is 12.3 Å². The van der Waals surface area contributed by atoms with Crippen LogP contribution in [0.5, 0.6) is 0 Å². The van der Waals surface area contributed by atoms with Crippen LogP contribution in [0, 0.1) is 6.92 Å². The molecule has 5 heteroatoms. The van der Waals surface area contributed by atoms with Gasteiger partial charge in [-0.15, -0.1) is 0 Å². The number of benzene rings is 1. The van der Waals surface area contributed by atoms with E-state index in [1.54, 1.807) is 12.3 Å². The maximum atomic E-state index is 12.7. The summed E-state index contributed by atoms with van der Waals surface area (Å²) in [6.07, 6.45) is 1.74. The molecule has 2 aromatic heterocycles. The minimum Gasteiger partial charge on any atom is -0.456 e. The van der Waals surface area contributed by atoms with Gasteiger partial charge in [0.2, 0.25) is 0 Å². The lowest BCUT2D eigenvalue weighted by atomic mass is 9.91. The molecule has 0 amide bonds. The summed E-state index contributed by atoms with van der Waals surface area (Å²) >= 11 is 0. The largest absolute Gasteiger partial charge is 0.456 e. The van der Waals surface area contributed by atoms with Crippen molar-refractivity contribution in [1.29, 1.82) is 0 Å². The monoisotopic (exact) mass is 378 g/mol.